The highest BCUT2D eigenvalue weighted by molar-refractivity contribution is 6.21. The molecule has 0 unspecified atom stereocenters. The van der Waals surface area contributed by atoms with Crippen molar-refractivity contribution in [3.63, 3.8) is 0 Å². The van der Waals surface area contributed by atoms with Gasteiger partial charge in [0, 0.05) is 6.20 Å². The average molecular weight is 252 g/mol. The normalized spacial score (nSPS) is 13.8. The second-order valence-corrected chi connectivity index (χ2v) is 4.50. The Bertz CT molecular complexity index is 665. The minimum Gasteiger partial charge on any atom is -0.270 e. The number of hydrogen-bond donors (Lipinski definition) is 0. The molecule has 1 aliphatic heterocycles. The van der Waals surface area contributed by atoms with Crippen molar-refractivity contribution in [2.45, 2.75) is 13.5 Å². The maximum Gasteiger partial charge on any atom is 0.263 e. The first-order valence-electron chi connectivity index (χ1n) is 6.04. The van der Waals surface area contributed by atoms with E-state index in [9.17, 15) is 9.59 Å². The monoisotopic (exact) mass is 252 g/mol. The van der Waals surface area contributed by atoms with E-state index in [4.69, 9.17) is 0 Å². The maximum absolute atomic E-state index is 12.3. The zero-order chi connectivity index (χ0) is 13.4. The van der Waals surface area contributed by atoms with Crippen molar-refractivity contribution in [2.75, 3.05) is 0 Å². The standard InChI is InChI=1S/C15H12N2O2/c1-10-13-12(7-8-16-10)14(18)17(15(13)19)9-11-5-3-2-4-6-11/h2-8H,9H2,1H3. The van der Waals surface area contributed by atoms with Gasteiger partial charge in [0.1, 0.15) is 0 Å². The summed E-state index contributed by atoms with van der Waals surface area (Å²) in [6.07, 6.45) is 1.56. The molecule has 3 rings (SSSR count). The lowest BCUT2D eigenvalue weighted by molar-refractivity contribution is 0.0642. The first kappa shape index (κ1) is 11.6. The van der Waals surface area contributed by atoms with Crippen LogP contribution in [0.15, 0.2) is 42.6 Å². The molecule has 0 spiro atoms. The van der Waals surface area contributed by atoms with E-state index in [-0.39, 0.29) is 11.8 Å². The van der Waals surface area contributed by atoms with Crippen molar-refractivity contribution in [3.05, 3.63) is 65.0 Å². The molecule has 0 atom stereocenters. The molecule has 0 saturated carbocycles. The third-order valence-electron chi connectivity index (χ3n) is 3.26. The fraction of sp³-hybridized carbons (Fsp3) is 0.133. The first-order chi connectivity index (χ1) is 9.18. The van der Waals surface area contributed by atoms with Crippen molar-refractivity contribution >= 4 is 11.8 Å². The highest BCUT2D eigenvalue weighted by Crippen LogP contribution is 2.25. The summed E-state index contributed by atoms with van der Waals surface area (Å²) in [5.74, 6) is -0.496. The SMILES string of the molecule is Cc1nccc2c1C(=O)N(Cc1ccccc1)C2=O. The van der Waals surface area contributed by atoms with Crippen molar-refractivity contribution in [2.24, 2.45) is 0 Å². The molecule has 0 saturated heterocycles. The van der Waals surface area contributed by atoms with Crippen LogP contribution in [0.5, 0.6) is 0 Å². The van der Waals surface area contributed by atoms with E-state index in [2.05, 4.69) is 4.98 Å². The molecule has 4 nitrogen and oxygen atoms in total. The molecule has 1 aromatic heterocycles. The molecule has 1 aromatic carbocycles. The van der Waals surface area contributed by atoms with E-state index in [1.54, 1.807) is 19.2 Å². The lowest BCUT2D eigenvalue weighted by Crippen LogP contribution is -2.29. The molecular weight excluding hydrogens is 240 g/mol. The van der Waals surface area contributed by atoms with Crippen LogP contribution >= 0.6 is 0 Å². The van der Waals surface area contributed by atoms with Gasteiger partial charge in [-0.3, -0.25) is 19.5 Å². The van der Waals surface area contributed by atoms with Gasteiger partial charge in [-0.2, -0.15) is 0 Å². The van der Waals surface area contributed by atoms with E-state index in [1.165, 1.54) is 4.90 Å². The number of aryl methyl sites for hydroxylation is 1. The summed E-state index contributed by atoms with van der Waals surface area (Å²) in [4.78, 5) is 29.9. The second-order valence-electron chi connectivity index (χ2n) is 4.50. The topological polar surface area (TPSA) is 50.3 Å². The third kappa shape index (κ3) is 1.81. The van der Waals surface area contributed by atoms with Crippen LogP contribution in [0.2, 0.25) is 0 Å². The Balaban J connectivity index is 1.97. The van der Waals surface area contributed by atoms with E-state index < -0.39 is 0 Å². The Kier molecular flexibility index (Phi) is 2.63. The molecule has 2 heterocycles. The van der Waals surface area contributed by atoms with E-state index in [0.717, 1.165) is 5.56 Å². The molecule has 0 fully saturated rings. The number of imide groups is 1. The number of pyridine rings is 1. The van der Waals surface area contributed by atoms with Crippen LogP contribution in [0, 0.1) is 6.92 Å². The Morgan fingerprint density at radius 3 is 2.47 bits per heavy atom. The Labute approximate surface area is 110 Å². The van der Waals surface area contributed by atoms with Gasteiger partial charge in [-0.05, 0) is 18.6 Å². The smallest absolute Gasteiger partial charge is 0.263 e. The molecule has 0 aliphatic carbocycles. The average Bonchev–Trinajstić information content (AvgIpc) is 2.66. The lowest BCUT2D eigenvalue weighted by atomic mass is 10.1. The molecule has 2 amide bonds. The predicted molar refractivity (Wildman–Crippen MR) is 69.6 cm³/mol. The Morgan fingerprint density at radius 2 is 1.79 bits per heavy atom. The Hall–Kier alpha value is -2.49. The van der Waals surface area contributed by atoms with Gasteiger partial charge in [0.15, 0.2) is 0 Å². The van der Waals surface area contributed by atoms with Gasteiger partial charge >= 0.3 is 0 Å². The van der Waals surface area contributed by atoms with Crippen LogP contribution in [0.1, 0.15) is 32.0 Å². The van der Waals surface area contributed by atoms with E-state index in [1.807, 2.05) is 30.3 Å². The number of nitrogens with zero attached hydrogens (tertiary/aromatic N) is 2. The van der Waals surface area contributed by atoms with Gasteiger partial charge in [0.2, 0.25) is 0 Å². The van der Waals surface area contributed by atoms with Crippen molar-refractivity contribution in [1.29, 1.82) is 0 Å². The van der Waals surface area contributed by atoms with E-state index >= 15 is 0 Å². The van der Waals surface area contributed by atoms with Crippen LogP contribution in [0.25, 0.3) is 0 Å². The number of carbonyl (C=O) groups is 2. The van der Waals surface area contributed by atoms with Crippen molar-refractivity contribution in [3.8, 4) is 0 Å². The Morgan fingerprint density at radius 1 is 1.05 bits per heavy atom. The largest absolute Gasteiger partial charge is 0.270 e. The fourth-order valence-corrected chi connectivity index (χ4v) is 2.30. The highest BCUT2D eigenvalue weighted by Gasteiger charge is 2.36. The van der Waals surface area contributed by atoms with E-state index in [0.29, 0.717) is 23.4 Å². The number of rotatable bonds is 2. The first-order valence-corrected chi connectivity index (χ1v) is 6.04. The summed E-state index contributed by atoms with van der Waals surface area (Å²) >= 11 is 0. The molecule has 2 aromatic rings. The van der Waals surface area contributed by atoms with Gasteiger partial charge in [-0.25, -0.2) is 0 Å². The number of fused-ring (bicyclic) bond motifs is 1. The summed E-state index contributed by atoms with van der Waals surface area (Å²) < 4.78 is 0. The van der Waals surface area contributed by atoms with Gasteiger partial charge in [-0.1, -0.05) is 30.3 Å². The zero-order valence-corrected chi connectivity index (χ0v) is 10.5. The summed E-state index contributed by atoms with van der Waals surface area (Å²) in [7, 11) is 0. The van der Waals surface area contributed by atoms with Gasteiger partial charge in [0.25, 0.3) is 11.8 Å². The van der Waals surface area contributed by atoms with Crippen molar-refractivity contribution in [1.82, 2.24) is 9.88 Å². The molecule has 0 bridgehead atoms. The number of hydrogen-bond acceptors (Lipinski definition) is 3. The maximum atomic E-state index is 12.3. The molecule has 0 radical (unpaired) electrons. The van der Waals surface area contributed by atoms with Crippen LogP contribution in [0.3, 0.4) is 0 Å². The number of benzene rings is 1. The molecule has 1 aliphatic rings. The quantitative estimate of drug-likeness (QED) is 0.770. The molecular formula is C15H12N2O2. The lowest BCUT2D eigenvalue weighted by Gasteiger charge is -2.13. The van der Waals surface area contributed by atoms with Crippen LogP contribution in [-0.2, 0) is 6.54 Å². The van der Waals surface area contributed by atoms with Gasteiger partial charge in [0.05, 0.1) is 23.4 Å². The minimum atomic E-state index is -0.255. The number of carbonyl (C=O) groups excluding carboxylic acids is 2. The summed E-state index contributed by atoms with van der Waals surface area (Å²) in [6.45, 7) is 2.04. The molecule has 19 heavy (non-hydrogen) atoms. The highest BCUT2D eigenvalue weighted by atomic mass is 16.2. The van der Waals surface area contributed by atoms with Crippen molar-refractivity contribution < 1.29 is 9.59 Å². The van der Waals surface area contributed by atoms with Crippen LogP contribution in [0.4, 0.5) is 0 Å². The fourth-order valence-electron chi connectivity index (χ4n) is 2.30. The van der Waals surface area contributed by atoms with Gasteiger partial charge < -0.3 is 0 Å². The molecule has 94 valence electrons. The van der Waals surface area contributed by atoms with Gasteiger partial charge in [-0.15, -0.1) is 0 Å². The summed E-state index contributed by atoms with van der Waals surface area (Å²) in [5, 5.41) is 0. The minimum absolute atomic E-state index is 0.241. The predicted octanol–water partition coefficient (Wildman–Crippen LogP) is 2.19. The number of amides is 2. The molecule has 4 heteroatoms. The molecule has 0 N–H and O–H groups in total. The number of aromatic nitrogens is 1. The summed E-state index contributed by atoms with van der Waals surface area (Å²) in [6, 6.07) is 11.1. The zero-order valence-electron chi connectivity index (χ0n) is 10.5. The van der Waals surface area contributed by atoms with Crippen LogP contribution in [-0.4, -0.2) is 21.7 Å². The van der Waals surface area contributed by atoms with Crippen LogP contribution < -0.4 is 0 Å². The summed E-state index contributed by atoms with van der Waals surface area (Å²) in [5.41, 5.74) is 2.42. The second kappa shape index (κ2) is 4.31. The third-order valence-corrected chi connectivity index (χ3v) is 3.26.